The third-order valence-corrected chi connectivity index (χ3v) is 6.36. The monoisotopic (exact) mass is 435 g/mol. The quantitative estimate of drug-likeness (QED) is 0.590. The van der Waals surface area contributed by atoms with Gasteiger partial charge in [0.25, 0.3) is 5.91 Å². The van der Waals surface area contributed by atoms with Crippen LogP contribution in [-0.2, 0) is 19.4 Å². The van der Waals surface area contributed by atoms with Crippen LogP contribution < -0.4 is 5.32 Å². The summed E-state index contributed by atoms with van der Waals surface area (Å²) in [6.07, 6.45) is 2.61. The molecular formula is C18H21N5O6S. The lowest BCUT2D eigenvalue weighted by atomic mass is 10.1. The van der Waals surface area contributed by atoms with Gasteiger partial charge in [-0.05, 0) is 30.7 Å². The van der Waals surface area contributed by atoms with Crippen LogP contribution in [0.4, 0.5) is 0 Å². The van der Waals surface area contributed by atoms with Gasteiger partial charge in [0, 0.05) is 30.8 Å². The molecule has 1 atom stereocenters. The number of aromatic nitrogens is 3. The number of aliphatic carboxylic acids is 1. The van der Waals surface area contributed by atoms with Crippen molar-refractivity contribution in [3.05, 3.63) is 42.5 Å². The Morgan fingerprint density at radius 1 is 1.07 bits per heavy atom. The number of amides is 2. The van der Waals surface area contributed by atoms with Gasteiger partial charge in [-0.3, -0.25) is 19.0 Å². The molecule has 3 rings (SSSR count). The summed E-state index contributed by atoms with van der Waals surface area (Å²) in [6.45, 7) is 0.0441. The fourth-order valence-electron chi connectivity index (χ4n) is 3.04. The number of rotatable bonds is 7. The maximum atomic E-state index is 12.8. The molecule has 0 aliphatic carbocycles. The smallest absolute Gasteiger partial charge is 0.303 e. The molecule has 1 aromatic carbocycles. The number of hydrogen-bond donors (Lipinski definition) is 2. The van der Waals surface area contributed by atoms with Crippen molar-refractivity contribution in [3.63, 3.8) is 0 Å². The predicted octanol–water partition coefficient (Wildman–Crippen LogP) is -0.512. The summed E-state index contributed by atoms with van der Waals surface area (Å²) in [5, 5.41) is 19.0. The summed E-state index contributed by atoms with van der Waals surface area (Å²) in [6, 6.07) is 5.43. The Bertz CT molecular complexity index is 1010. The second kappa shape index (κ2) is 9.03. The van der Waals surface area contributed by atoms with Crippen molar-refractivity contribution in [1.29, 1.82) is 0 Å². The molecule has 2 N–H and O–H groups in total. The summed E-state index contributed by atoms with van der Waals surface area (Å²) in [5.74, 6) is -2.41. The van der Waals surface area contributed by atoms with E-state index in [9.17, 15) is 22.8 Å². The molecular weight excluding hydrogens is 414 g/mol. The van der Waals surface area contributed by atoms with Crippen LogP contribution in [0.5, 0.6) is 0 Å². The number of carboxylic acid groups (broad SMARTS) is 1. The largest absolute Gasteiger partial charge is 0.481 e. The minimum atomic E-state index is -3.18. The Labute approximate surface area is 172 Å². The Morgan fingerprint density at radius 3 is 2.23 bits per heavy atom. The number of benzene rings is 1. The van der Waals surface area contributed by atoms with Crippen molar-refractivity contribution in [3.8, 4) is 5.69 Å². The van der Waals surface area contributed by atoms with Crippen LogP contribution in [0.25, 0.3) is 5.69 Å². The van der Waals surface area contributed by atoms with Crippen molar-refractivity contribution in [2.75, 3.05) is 24.6 Å². The first-order valence-electron chi connectivity index (χ1n) is 9.22. The lowest BCUT2D eigenvalue weighted by Crippen LogP contribution is -2.53. The van der Waals surface area contributed by atoms with Gasteiger partial charge in [0.2, 0.25) is 5.91 Å². The lowest BCUT2D eigenvalue weighted by Gasteiger charge is -2.30. The van der Waals surface area contributed by atoms with E-state index in [0.29, 0.717) is 5.56 Å². The predicted molar refractivity (Wildman–Crippen MR) is 105 cm³/mol. The van der Waals surface area contributed by atoms with E-state index < -0.39 is 33.7 Å². The molecule has 30 heavy (non-hydrogen) atoms. The summed E-state index contributed by atoms with van der Waals surface area (Å²) in [7, 11) is -3.18. The Morgan fingerprint density at radius 2 is 1.67 bits per heavy atom. The number of hydrogen-bond acceptors (Lipinski definition) is 7. The van der Waals surface area contributed by atoms with Crippen molar-refractivity contribution in [2.45, 2.75) is 18.9 Å². The van der Waals surface area contributed by atoms with Crippen molar-refractivity contribution >= 4 is 27.6 Å². The molecule has 160 valence electrons. The number of carboxylic acids is 1. The Balaban J connectivity index is 1.69. The van der Waals surface area contributed by atoms with Crippen LogP contribution >= 0.6 is 0 Å². The summed E-state index contributed by atoms with van der Waals surface area (Å²) < 4.78 is 24.8. The van der Waals surface area contributed by atoms with Gasteiger partial charge in [0.05, 0.1) is 11.5 Å². The first-order chi connectivity index (χ1) is 14.2. The van der Waals surface area contributed by atoms with E-state index >= 15 is 0 Å². The number of carbonyl (C=O) groups excluding carboxylic acids is 2. The fourth-order valence-corrected chi connectivity index (χ4v) is 4.24. The highest BCUT2D eigenvalue weighted by Crippen LogP contribution is 2.12. The summed E-state index contributed by atoms with van der Waals surface area (Å²) in [4.78, 5) is 37.7. The highest BCUT2D eigenvalue weighted by molar-refractivity contribution is 7.91. The van der Waals surface area contributed by atoms with E-state index in [1.807, 2.05) is 0 Å². The zero-order valence-electron chi connectivity index (χ0n) is 16.0. The van der Waals surface area contributed by atoms with Gasteiger partial charge in [0.1, 0.15) is 18.7 Å². The third kappa shape index (κ3) is 5.41. The molecule has 2 aromatic rings. The number of sulfone groups is 1. The van der Waals surface area contributed by atoms with Crippen LogP contribution in [0.3, 0.4) is 0 Å². The van der Waals surface area contributed by atoms with Crippen molar-refractivity contribution < 1.29 is 27.9 Å². The first kappa shape index (κ1) is 21.4. The molecule has 1 aromatic heterocycles. The average Bonchev–Trinajstić information content (AvgIpc) is 3.25. The van der Waals surface area contributed by atoms with Gasteiger partial charge in [0.15, 0.2) is 9.84 Å². The van der Waals surface area contributed by atoms with E-state index in [2.05, 4.69) is 15.5 Å². The average molecular weight is 435 g/mol. The van der Waals surface area contributed by atoms with E-state index in [1.54, 1.807) is 28.8 Å². The topological polar surface area (TPSA) is 152 Å². The summed E-state index contributed by atoms with van der Waals surface area (Å²) >= 11 is 0. The second-order valence-electron chi connectivity index (χ2n) is 6.85. The number of nitrogens with one attached hydrogen (secondary N) is 1. The van der Waals surface area contributed by atoms with E-state index in [0.717, 1.165) is 5.69 Å². The minimum absolute atomic E-state index is 0.0221. The molecule has 2 amide bonds. The molecule has 12 heteroatoms. The van der Waals surface area contributed by atoms with Gasteiger partial charge in [-0.25, -0.2) is 8.42 Å². The lowest BCUT2D eigenvalue weighted by molar-refractivity contribution is -0.138. The molecule has 0 unspecified atom stereocenters. The molecule has 0 bridgehead atoms. The second-order valence-corrected chi connectivity index (χ2v) is 9.16. The zero-order valence-corrected chi connectivity index (χ0v) is 16.8. The normalized spacial score (nSPS) is 16.6. The maximum Gasteiger partial charge on any atom is 0.303 e. The highest BCUT2D eigenvalue weighted by Gasteiger charge is 2.31. The van der Waals surface area contributed by atoms with Gasteiger partial charge in [-0.2, -0.15) is 0 Å². The van der Waals surface area contributed by atoms with Gasteiger partial charge in [-0.1, -0.05) is 0 Å². The standard InChI is InChI=1S/C18H21N5O6S/c24-16(25)6-5-15(18(27)22-7-9-30(28,29)10-8-22)21-17(26)13-1-3-14(4-2-13)23-11-19-20-12-23/h1-4,11-12,15H,5-10H2,(H,21,26)(H,24,25)/t15-/m0/s1. The van der Waals surface area contributed by atoms with Gasteiger partial charge >= 0.3 is 5.97 Å². The number of nitrogens with zero attached hydrogens (tertiary/aromatic N) is 4. The molecule has 0 spiro atoms. The maximum absolute atomic E-state index is 12.8. The van der Waals surface area contributed by atoms with Gasteiger partial charge in [-0.15, -0.1) is 10.2 Å². The van der Waals surface area contributed by atoms with Crippen LogP contribution in [0, 0.1) is 0 Å². The molecule has 1 saturated heterocycles. The Kier molecular flexibility index (Phi) is 6.45. The van der Waals surface area contributed by atoms with Crippen LogP contribution in [0.2, 0.25) is 0 Å². The van der Waals surface area contributed by atoms with Crippen LogP contribution in [0.15, 0.2) is 36.9 Å². The molecule has 1 aliphatic heterocycles. The van der Waals surface area contributed by atoms with E-state index in [1.165, 1.54) is 17.6 Å². The molecule has 11 nitrogen and oxygen atoms in total. The summed E-state index contributed by atoms with van der Waals surface area (Å²) in [5.41, 5.74) is 1.03. The van der Waals surface area contributed by atoms with Crippen molar-refractivity contribution in [1.82, 2.24) is 25.0 Å². The molecule has 1 aliphatic rings. The minimum Gasteiger partial charge on any atom is -0.481 e. The molecule has 0 radical (unpaired) electrons. The van der Waals surface area contributed by atoms with E-state index in [-0.39, 0.29) is 37.4 Å². The van der Waals surface area contributed by atoms with Crippen LogP contribution in [0.1, 0.15) is 23.2 Å². The van der Waals surface area contributed by atoms with Crippen molar-refractivity contribution in [2.24, 2.45) is 0 Å². The highest BCUT2D eigenvalue weighted by atomic mass is 32.2. The first-order valence-corrected chi connectivity index (χ1v) is 11.0. The van der Waals surface area contributed by atoms with E-state index in [4.69, 9.17) is 5.11 Å². The number of carbonyl (C=O) groups is 3. The van der Waals surface area contributed by atoms with Crippen LogP contribution in [-0.4, -0.2) is 81.6 Å². The Hall–Kier alpha value is -3.28. The molecule has 0 saturated carbocycles. The zero-order chi connectivity index (χ0) is 21.7. The fraction of sp³-hybridized carbons (Fsp3) is 0.389. The SMILES string of the molecule is O=C(O)CC[C@H](NC(=O)c1ccc(-n2cnnc2)cc1)C(=O)N1CCS(=O)(=O)CC1. The third-order valence-electron chi connectivity index (χ3n) is 4.75. The molecule has 2 heterocycles. The molecule has 1 fully saturated rings. The van der Waals surface area contributed by atoms with Gasteiger partial charge < -0.3 is 15.3 Å².